The zero-order chi connectivity index (χ0) is 15.7. The molecule has 1 fully saturated rings. The van der Waals surface area contributed by atoms with Gasteiger partial charge in [-0.3, -0.25) is 0 Å². The summed E-state index contributed by atoms with van der Waals surface area (Å²) in [6.45, 7) is 5.79. The van der Waals surface area contributed by atoms with Gasteiger partial charge < -0.3 is 15.0 Å². The molecular formula is C15H21F3N2O. The minimum absolute atomic E-state index is 0.198. The highest BCUT2D eigenvalue weighted by atomic mass is 19.4. The number of morpholine rings is 1. The van der Waals surface area contributed by atoms with Gasteiger partial charge >= 0.3 is 6.18 Å². The summed E-state index contributed by atoms with van der Waals surface area (Å²) in [5, 5.41) is 2.77. The van der Waals surface area contributed by atoms with E-state index >= 15 is 0 Å². The fourth-order valence-electron chi connectivity index (χ4n) is 2.61. The van der Waals surface area contributed by atoms with Gasteiger partial charge in [-0.05, 0) is 38.6 Å². The number of rotatable bonds is 3. The van der Waals surface area contributed by atoms with E-state index < -0.39 is 11.7 Å². The van der Waals surface area contributed by atoms with Crippen LogP contribution in [0.4, 0.5) is 18.9 Å². The third kappa shape index (κ3) is 3.89. The SMILES string of the molecule is CNCc1ccc(N2CCOC(C)(C)C2)cc1C(F)(F)F. The van der Waals surface area contributed by atoms with Crippen molar-refractivity contribution in [3.63, 3.8) is 0 Å². The van der Waals surface area contributed by atoms with Crippen molar-refractivity contribution in [2.45, 2.75) is 32.2 Å². The molecule has 3 nitrogen and oxygen atoms in total. The zero-order valence-corrected chi connectivity index (χ0v) is 12.5. The lowest BCUT2D eigenvalue weighted by Gasteiger charge is -2.39. The maximum atomic E-state index is 13.2. The van der Waals surface area contributed by atoms with Gasteiger partial charge in [0.2, 0.25) is 0 Å². The molecule has 1 aromatic carbocycles. The highest BCUT2D eigenvalue weighted by molar-refractivity contribution is 5.52. The number of benzene rings is 1. The van der Waals surface area contributed by atoms with Crippen LogP contribution < -0.4 is 10.2 Å². The topological polar surface area (TPSA) is 24.5 Å². The molecular weight excluding hydrogens is 281 g/mol. The molecule has 21 heavy (non-hydrogen) atoms. The van der Waals surface area contributed by atoms with Crippen molar-refractivity contribution in [2.24, 2.45) is 0 Å². The Morgan fingerprint density at radius 3 is 2.62 bits per heavy atom. The molecule has 0 bridgehead atoms. The van der Waals surface area contributed by atoms with Gasteiger partial charge in [0.25, 0.3) is 0 Å². The lowest BCUT2D eigenvalue weighted by molar-refractivity contribution is -0.138. The molecule has 0 aliphatic carbocycles. The fourth-order valence-corrected chi connectivity index (χ4v) is 2.61. The first-order valence-corrected chi connectivity index (χ1v) is 6.96. The molecule has 0 amide bonds. The second-order valence-electron chi connectivity index (χ2n) is 5.90. The number of ether oxygens (including phenoxy) is 1. The smallest absolute Gasteiger partial charge is 0.372 e. The summed E-state index contributed by atoms with van der Waals surface area (Å²) in [6.07, 6.45) is -4.34. The summed E-state index contributed by atoms with van der Waals surface area (Å²) >= 11 is 0. The Bertz CT molecular complexity index is 500. The molecule has 0 saturated carbocycles. The minimum atomic E-state index is -4.34. The Morgan fingerprint density at radius 1 is 1.33 bits per heavy atom. The van der Waals surface area contributed by atoms with Gasteiger partial charge in [0, 0.05) is 25.3 Å². The summed E-state index contributed by atoms with van der Waals surface area (Å²) in [4.78, 5) is 1.95. The highest BCUT2D eigenvalue weighted by Gasteiger charge is 2.34. The second kappa shape index (κ2) is 5.85. The third-order valence-electron chi connectivity index (χ3n) is 3.56. The van der Waals surface area contributed by atoms with Crippen molar-refractivity contribution in [3.8, 4) is 0 Å². The standard InChI is InChI=1S/C15H21F3N2O/c1-14(2)10-20(6-7-21-14)12-5-4-11(9-19-3)13(8-12)15(16,17)18/h4-5,8,19H,6-7,9-10H2,1-3H3. The van der Waals surface area contributed by atoms with Crippen LogP contribution in [-0.2, 0) is 17.5 Å². The number of alkyl halides is 3. The van der Waals surface area contributed by atoms with E-state index in [1.807, 2.05) is 18.7 Å². The monoisotopic (exact) mass is 302 g/mol. The van der Waals surface area contributed by atoms with Crippen LogP contribution in [0.2, 0.25) is 0 Å². The Kier molecular flexibility index (Phi) is 4.49. The third-order valence-corrected chi connectivity index (χ3v) is 3.56. The molecule has 1 heterocycles. The first kappa shape index (κ1) is 16.1. The van der Waals surface area contributed by atoms with E-state index in [1.165, 1.54) is 6.07 Å². The lowest BCUT2D eigenvalue weighted by Crippen LogP contribution is -2.48. The number of nitrogens with one attached hydrogen (secondary N) is 1. The van der Waals surface area contributed by atoms with E-state index in [-0.39, 0.29) is 17.7 Å². The molecule has 1 aromatic rings. The molecule has 0 unspecified atom stereocenters. The van der Waals surface area contributed by atoms with Gasteiger partial charge in [0.05, 0.1) is 17.8 Å². The fraction of sp³-hybridized carbons (Fsp3) is 0.600. The molecule has 118 valence electrons. The second-order valence-corrected chi connectivity index (χ2v) is 5.90. The number of hydrogen-bond acceptors (Lipinski definition) is 3. The van der Waals surface area contributed by atoms with Gasteiger partial charge in [0.15, 0.2) is 0 Å². The molecule has 0 radical (unpaired) electrons. The highest BCUT2D eigenvalue weighted by Crippen LogP contribution is 2.35. The Labute approximate surface area is 123 Å². The van der Waals surface area contributed by atoms with E-state index in [2.05, 4.69) is 5.32 Å². The Balaban J connectivity index is 2.33. The first-order valence-electron chi connectivity index (χ1n) is 6.96. The summed E-state index contributed by atoms with van der Waals surface area (Å²) in [7, 11) is 1.64. The van der Waals surface area contributed by atoms with E-state index in [4.69, 9.17) is 4.74 Å². The van der Waals surface area contributed by atoms with Crippen LogP contribution >= 0.6 is 0 Å². The van der Waals surface area contributed by atoms with Crippen molar-refractivity contribution < 1.29 is 17.9 Å². The van der Waals surface area contributed by atoms with Gasteiger partial charge in [-0.25, -0.2) is 0 Å². The van der Waals surface area contributed by atoms with Crippen molar-refractivity contribution >= 4 is 5.69 Å². The van der Waals surface area contributed by atoms with E-state index in [0.29, 0.717) is 25.4 Å². The molecule has 0 atom stereocenters. The van der Waals surface area contributed by atoms with Crippen LogP contribution in [0.25, 0.3) is 0 Å². The average molecular weight is 302 g/mol. The summed E-state index contributed by atoms with van der Waals surface area (Å²) in [5.74, 6) is 0. The molecule has 0 spiro atoms. The molecule has 2 rings (SSSR count). The van der Waals surface area contributed by atoms with E-state index in [9.17, 15) is 13.2 Å². The van der Waals surface area contributed by atoms with Crippen LogP contribution in [0, 0.1) is 0 Å². The van der Waals surface area contributed by atoms with Gasteiger partial charge in [-0.15, -0.1) is 0 Å². The molecule has 1 saturated heterocycles. The summed E-state index contributed by atoms with van der Waals surface area (Å²) in [5.41, 5.74) is -0.0567. The predicted octanol–water partition coefficient (Wildman–Crippen LogP) is 3.04. The Hall–Kier alpha value is -1.27. The maximum Gasteiger partial charge on any atom is 0.416 e. The minimum Gasteiger partial charge on any atom is -0.372 e. The van der Waals surface area contributed by atoms with E-state index in [0.717, 1.165) is 0 Å². The molecule has 0 aromatic heterocycles. The van der Waals surface area contributed by atoms with Crippen LogP contribution in [0.3, 0.4) is 0 Å². The lowest BCUT2D eigenvalue weighted by atomic mass is 10.0. The molecule has 6 heteroatoms. The molecule has 1 aliphatic heterocycles. The zero-order valence-electron chi connectivity index (χ0n) is 12.5. The normalized spacial score (nSPS) is 18.9. The van der Waals surface area contributed by atoms with Crippen molar-refractivity contribution in [1.82, 2.24) is 5.32 Å². The quantitative estimate of drug-likeness (QED) is 0.929. The van der Waals surface area contributed by atoms with Crippen LogP contribution in [0.5, 0.6) is 0 Å². The van der Waals surface area contributed by atoms with Gasteiger partial charge in [-0.2, -0.15) is 13.2 Å². The number of nitrogens with zero attached hydrogens (tertiary/aromatic N) is 1. The van der Waals surface area contributed by atoms with Gasteiger partial charge in [0.1, 0.15) is 0 Å². The van der Waals surface area contributed by atoms with Crippen molar-refractivity contribution in [3.05, 3.63) is 29.3 Å². The molecule has 1 N–H and O–H groups in total. The average Bonchev–Trinajstić information content (AvgIpc) is 2.37. The largest absolute Gasteiger partial charge is 0.416 e. The van der Waals surface area contributed by atoms with Crippen LogP contribution in [0.15, 0.2) is 18.2 Å². The van der Waals surface area contributed by atoms with E-state index in [1.54, 1.807) is 19.2 Å². The summed E-state index contributed by atoms with van der Waals surface area (Å²) < 4.78 is 45.2. The predicted molar refractivity (Wildman–Crippen MR) is 76.5 cm³/mol. The van der Waals surface area contributed by atoms with Gasteiger partial charge in [-0.1, -0.05) is 6.07 Å². The van der Waals surface area contributed by atoms with Crippen molar-refractivity contribution in [1.29, 1.82) is 0 Å². The Morgan fingerprint density at radius 2 is 2.05 bits per heavy atom. The number of hydrogen-bond donors (Lipinski definition) is 1. The first-order chi connectivity index (χ1) is 9.73. The van der Waals surface area contributed by atoms with Crippen LogP contribution in [-0.4, -0.2) is 32.3 Å². The maximum absolute atomic E-state index is 13.2. The number of anilines is 1. The summed E-state index contributed by atoms with van der Waals surface area (Å²) in [6, 6.07) is 4.55. The van der Waals surface area contributed by atoms with Crippen LogP contribution in [0.1, 0.15) is 25.0 Å². The number of halogens is 3. The molecule has 1 aliphatic rings. The van der Waals surface area contributed by atoms with Crippen molar-refractivity contribution in [2.75, 3.05) is 31.6 Å².